The van der Waals surface area contributed by atoms with Crippen molar-refractivity contribution in [2.45, 2.75) is 32.4 Å². The van der Waals surface area contributed by atoms with Gasteiger partial charge in [0.1, 0.15) is 5.82 Å². The topological polar surface area (TPSA) is 55.1 Å². The second-order valence-corrected chi connectivity index (χ2v) is 5.37. The Labute approximate surface area is 130 Å². The average molecular weight is 300 g/mol. The van der Waals surface area contributed by atoms with Gasteiger partial charge in [0.05, 0.1) is 12.1 Å². The summed E-state index contributed by atoms with van der Waals surface area (Å²) >= 11 is 0. The van der Waals surface area contributed by atoms with Crippen LogP contribution < -0.4 is 11.1 Å². The maximum absolute atomic E-state index is 13.5. The fraction of sp³-hybridized carbons (Fsp3) is 0.278. The van der Waals surface area contributed by atoms with Crippen molar-refractivity contribution in [2.75, 3.05) is 0 Å². The van der Waals surface area contributed by atoms with Crippen LogP contribution in [0.1, 0.15) is 36.6 Å². The molecule has 0 aliphatic carbocycles. The van der Waals surface area contributed by atoms with Gasteiger partial charge in [-0.2, -0.15) is 0 Å². The van der Waals surface area contributed by atoms with Crippen molar-refractivity contribution in [3.63, 3.8) is 0 Å². The van der Waals surface area contributed by atoms with Crippen LogP contribution in [-0.2, 0) is 11.2 Å². The molecular formula is C18H21FN2O. The fourth-order valence-corrected chi connectivity index (χ4v) is 2.35. The molecule has 0 saturated carbocycles. The third-order valence-corrected chi connectivity index (χ3v) is 3.75. The zero-order valence-electron chi connectivity index (χ0n) is 12.8. The minimum absolute atomic E-state index is 0.288. The van der Waals surface area contributed by atoms with Crippen LogP contribution in [0.2, 0.25) is 0 Å². The summed E-state index contributed by atoms with van der Waals surface area (Å²) in [7, 11) is 0. The van der Waals surface area contributed by atoms with Crippen molar-refractivity contribution in [2.24, 2.45) is 5.73 Å². The standard InChI is InChI=1S/C18H21FN2O/c1-3-13-7-9-14(10-8-13)17(21-12(2)18(20)22)15-5-4-6-16(19)11-15/h4-12,17,21H,3H2,1-2H3,(H2,20,22)/t12-,17-/m0/s1. The van der Waals surface area contributed by atoms with E-state index in [1.807, 2.05) is 30.3 Å². The number of halogens is 1. The number of aryl methyl sites for hydroxylation is 1. The van der Waals surface area contributed by atoms with E-state index >= 15 is 0 Å². The Bertz CT molecular complexity index is 640. The second-order valence-electron chi connectivity index (χ2n) is 5.37. The van der Waals surface area contributed by atoms with Gasteiger partial charge in [-0.3, -0.25) is 10.1 Å². The highest BCUT2D eigenvalue weighted by atomic mass is 19.1. The molecule has 0 saturated heterocycles. The average Bonchev–Trinajstić information content (AvgIpc) is 2.52. The molecule has 116 valence electrons. The van der Waals surface area contributed by atoms with Crippen LogP contribution in [0.25, 0.3) is 0 Å². The lowest BCUT2D eigenvalue weighted by Gasteiger charge is -2.23. The molecule has 2 aromatic carbocycles. The Balaban J connectivity index is 2.37. The number of carbonyl (C=O) groups excluding carboxylic acids is 1. The molecule has 0 aliphatic heterocycles. The maximum atomic E-state index is 13.5. The van der Waals surface area contributed by atoms with Crippen LogP contribution in [0.5, 0.6) is 0 Å². The molecule has 2 aromatic rings. The lowest BCUT2D eigenvalue weighted by Crippen LogP contribution is -2.41. The van der Waals surface area contributed by atoms with Crippen LogP contribution in [0.4, 0.5) is 4.39 Å². The van der Waals surface area contributed by atoms with E-state index in [-0.39, 0.29) is 11.9 Å². The predicted molar refractivity (Wildman–Crippen MR) is 85.9 cm³/mol. The maximum Gasteiger partial charge on any atom is 0.234 e. The first-order valence-electron chi connectivity index (χ1n) is 7.41. The van der Waals surface area contributed by atoms with E-state index in [0.29, 0.717) is 0 Å². The molecule has 0 aromatic heterocycles. The highest BCUT2D eigenvalue weighted by molar-refractivity contribution is 5.79. The lowest BCUT2D eigenvalue weighted by atomic mass is 9.96. The van der Waals surface area contributed by atoms with Gasteiger partial charge in [-0.05, 0) is 42.2 Å². The summed E-state index contributed by atoms with van der Waals surface area (Å²) in [5, 5.41) is 3.17. The predicted octanol–water partition coefficient (Wildman–Crippen LogP) is 2.94. The molecule has 0 aliphatic rings. The van der Waals surface area contributed by atoms with E-state index in [1.165, 1.54) is 17.7 Å². The highest BCUT2D eigenvalue weighted by Crippen LogP contribution is 2.24. The van der Waals surface area contributed by atoms with Crippen molar-refractivity contribution in [1.29, 1.82) is 0 Å². The third kappa shape index (κ3) is 3.92. The molecule has 22 heavy (non-hydrogen) atoms. The summed E-state index contributed by atoms with van der Waals surface area (Å²) in [4.78, 5) is 11.4. The normalized spacial score (nSPS) is 13.6. The Kier molecular flexibility index (Phi) is 5.28. The number of nitrogens with two attached hydrogens (primary N) is 1. The first-order chi connectivity index (χ1) is 10.5. The first-order valence-corrected chi connectivity index (χ1v) is 7.41. The Hall–Kier alpha value is -2.20. The lowest BCUT2D eigenvalue weighted by molar-refractivity contribution is -0.119. The van der Waals surface area contributed by atoms with Crippen molar-refractivity contribution in [3.05, 3.63) is 71.0 Å². The van der Waals surface area contributed by atoms with Gasteiger partial charge in [0.25, 0.3) is 0 Å². The summed E-state index contributed by atoms with van der Waals surface area (Å²) in [6.07, 6.45) is 0.954. The fourth-order valence-electron chi connectivity index (χ4n) is 2.35. The molecule has 0 radical (unpaired) electrons. The second kappa shape index (κ2) is 7.18. The number of primary amides is 1. The Morgan fingerprint density at radius 3 is 2.41 bits per heavy atom. The summed E-state index contributed by atoms with van der Waals surface area (Å²) in [5.41, 5.74) is 8.30. The molecule has 0 heterocycles. The third-order valence-electron chi connectivity index (χ3n) is 3.75. The number of carbonyl (C=O) groups is 1. The van der Waals surface area contributed by atoms with E-state index in [0.717, 1.165) is 17.5 Å². The Morgan fingerprint density at radius 2 is 1.86 bits per heavy atom. The zero-order chi connectivity index (χ0) is 16.1. The Morgan fingerprint density at radius 1 is 1.18 bits per heavy atom. The van der Waals surface area contributed by atoms with Gasteiger partial charge in [0.15, 0.2) is 0 Å². The minimum Gasteiger partial charge on any atom is -0.368 e. The number of hydrogen-bond acceptors (Lipinski definition) is 2. The minimum atomic E-state index is -0.515. The van der Waals surface area contributed by atoms with Crippen LogP contribution in [0, 0.1) is 5.82 Å². The van der Waals surface area contributed by atoms with E-state index in [9.17, 15) is 9.18 Å². The van der Waals surface area contributed by atoms with Crippen molar-refractivity contribution in [3.8, 4) is 0 Å². The summed E-state index contributed by atoms with van der Waals surface area (Å²) < 4.78 is 13.5. The number of rotatable bonds is 6. The highest BCUT2D eigenvalue weighted by Gasteiger charge is 2.19. The summed E-state index contributed by atoms with van der Waals surface area (Å²) in [6.45, 7) is 3.79. The zero-order valence-corrected chi connectivity index (χ0v) is 12.8. The van der Waals surface area contributed by atoms with Gasteiger partial charge in [-0.1, -0.05) is 43.3 Å². The van der Waals surface area contributed by atoms with Gasteiger partial charge < -0.3 is 5.73 Å². The van der Waals surface area contributed by atoms with E-state index in [2.05, 4.69) is 12.2 Å². The van der Waals surface area contributed by atoms with Crippen LogP contribution in [0.3, 0.4) is 0 Å². The van der Waals surface area contributed by atoms with Gasteiger partial charge in [-0.15, -0.1) is 0 Å². The van der Waals surface area contributed by atoms with Gasteiger partial charge in [0, 0.05) is 0 Å². The molecule has 0 spiro atoms. The van der Waals surface area contributed by atoms with Gasteiger partial charge >= 0.3 is 0 Å². The van der Waals surface area contributed by atoms with Crippen molar-refractivity contribution < 1.29 is 9.18 Å². The molecule has 1 amide bonds. The number of benzene rings is 2. The van der Waals surface area contributed by atoms with E-state index < -0.39 is 11.9 Å². The first kappa shape index (κ1) is 16.2. The van der Waals surface area contributed by atoms with E-state index in [1.54, 1.807) is 13.0 Å². The van der Waals surface area contributed by atoms with Crippen LogP contribution in [0.15, 0.2) is 48.5 Å². The monoisotopic (exact) mass is 300 g/mol. The molecule has 0 bridgehead atoms. The molecular weight excluding hydrogens is 279 g/mol. The summed E-state index contributed by atoms with van der Waals surface area (Å²) in [5.74, 6) is -0.743. The van der Waals surface area contributed by atoms with E-state index in [4.69, 9.17) is 5.73 Å². The molecule has 3 N–H and O–H groups in total. The molecule has 2 atom stereocenters. The largest absolute Gasteiger partial charge is 0.368 e. The van der Waals surface area contributed by atoms with Gasteiger partial charge in [-0.25, -0.2) is 4.39 Å². The molecule has 0 fully saturated rings. The quantitative estimate of drug-likeness (QED) is 0.862. The smallest absolute Gasteiger partial charge is 0.234 e. The molecule has 2 rings (SSSR count). The van der Waals surface area contributed by atoms with Crippen LogP contribution >= 0.6 is 0 Å². The van der Waals surface area contributed by atoms with Crippen molar-refractivity contribution >= 4 is 5.91 Å². The molecule has 3 nitrogen and oxygen atoms in total. The summed E-state index contributed by atoms with van der Waals surface area (Å²) in [6, 6.07) is 13.6. The number of nitrogens with one attached hydrogen (secondary N) is 1. The SMILES string of the molecule is CCc1ccc([C@H](N[C@@H](C)C(N)=O)c2cccc(F)c2)cc1. The van der Waals surface area contributed by atoms with Crippen LogP contribution in [-0.4, -0.2) is 11.9 Å². The van der Waals surface area contributed by atoms with Crippen molar-refractivity contribution in [1.82, 2.24) is 5.32 Å². The van der Waals surface area contributed by atoms with Gasteiger partial charge in [0.2, 0.25) is 5.91 Å². The molecule has 0 unspecified atom stereocenters. The number of hydrogen-bond donors (Lipinski definition) is 2. The number of amides is 1. The molecule has 4 heteroatoms.